The van der Waals surface area contributed by atoms with Crippen LogP contribution in [0, 0.1) is 11.8 Å². The molecular weight excluding hydrogens is 262 g/mol. The molecule has 1 aromatic rings. The van der Waals surface area contributed by atoms with E-state index in [4.69, 9.17) is 4.74 Å². The highest BCUT2D eigenvalue weighted by Gasteiger charge is 2.33. The number of amides is 1. The van der Waals surface area contributed by atoms with E-state index in [2.05, 4.69) is 26.0 Å². The molecule has 0 N–H and O–H groups in total. The molecule has 3 unspecified atom stereocenters. The molecule has 1 aromatic carbocycles. The van der Waals surface area contributed by atoms with Crippen LogP contribution in [0.1, 0.15) is 44.7 Å². The molecule has 1 amide bonds. The van der Waals surface area contributed by atoms with Crippen molar-refractivity contribution in [2.24, 2.45) is 11.8 Å². The standard InChI is InChI=1S/C18H27NO2/c1-14(9-10-21-3)11-16-12-18(20)19(13-16)15(2)17-7-5-4-6-8-17/h4-8,14-16H,9-13H2,1-3H3. The van der Waals surface area contributed by atoms with Crippen LogP contribution in [-0.4, -0.2) is 31.1 Å². The molecule has 1 heterocycles. The van der Waals surface area contributed by atoms with Gasteiger partial charge in [0.25, 0.3) is 0 Å². The largest absolute Gasteiger partial charge is 0.385 e. The molecule has 21 heavy (non-hydrogen) atoms. The molecule has 3 nitrogen and oxygen atoms in total. The fourth-order valence-electron chi connectivity index (χ4n) is 3.26. The molecule has 0 aromatic heterocycles. The first kappa shape index (κ1) is 16.0. The van der Waals surface area contributed by atoms with E-state index in [-0.39, 0.29) is 6.04 Å². The van der Waals surface area contributed by atoms with E-state index in [1.165, 1.54) is 5.56 Å². The van der Waals surface area contributed by atoms with Crippen LogP contribution in [0.5, 0.6) is 0 Å². The van der Waals surface area contributed by atoms with Crippen LogP contribution < -0.4 is 0 Å². The van der Waals surface area contributed by atoms with E-state index < -0.39 is 0 Å². The van der Waals surface area contributed by atoms with E-state index in [9.17, 15) is 4.79 Å². The Morgan fingerprint density at radius 3 is 2.67 bits per heavy atom. The molecule has 0 saturated carbocycles. The van der Waals surface area contributed by atoms with Gasteiger partial charge in [-0.3, -0.25) is 4.79 Å². The van der Waals surface area contributed by atoms with E-state index in [1.54, 1.807) is 7.11 Å². The van der Waals surface area contributed by atoms with Crippen molar-refractivity contribution in [3.8, 4) is 0 Å². The number of methoxy groups -OCH3 is 1. The molecule has 0 spiro atoms. The summed E-state index contributed by atoms with van der Waals surface area (Å²) in [7, 11) is 1.75. The van der Waals surface area contributed by atoms with Gasteiger partial charge < -0.3 is 9.64 Å². The zero-order valence-electron chi connectivity index (χ0n) is 13.4. The summed E-state index contributed by atoms with van der Waals surface area (Å²) < 4.78 is 5.14. The van der Waals surface area contributed by atoms with Crippen molar-refractivity contribution in [3.63, 3.8) is 0 Å². The Hall–Kier alpha value is -1.35. The maximum Gasteiger partial charge on any atom is 0.223 e. The maximum atomic E-state index is 12.3. The van der Waals surface area contributed by atoms with Gasteiger partial charge in [0.15, 0.2) is 0 Å². The summed E-state index contributed by atoms with van der Waals surface area (Å²) in [6.45, 7) is 6.09. The van der Waals surface area contributed by atoms with Gasteiger partial charge in [-0.1, -0.05) is 37.3 Å². The number of benzene rings is 1. The fraction of sp³-hybridized carbons (Fsp3) is 0.611. The number of rotatable bonds is 7. The Kier molecular flexibility index (Phi) is 5.80. The third-order valence-corrected chi connectivity index (χ3v) is 4.54. The number of carbonyl (C=O) groups is 1. The van der Waals surface area contributed by atoms with Crippen LogP contribution >= 0.6 is 0 Å². The Labute approximate surface area is 128 Å². The zero-order valence-corrected chi connectivity index (χ0v) is 13.4. The smallest absolute Gasteiger partial charge is 0.223 e. The average Bonchev–Trinajstić information content (AvgIpc) is 2.85. The van der Waals surface area contributed by atoms with Gasteiger partial charge >= 0.3 is 0 Å². The van der Waals surface area contributed by atoms with Gasteiger partial charge in [-0.25, -0.2) is 0 Å². The van der Waals surface area contributed by atoms with E-state index in [0.29, 0.717) is 24.2 Å². The highest BCUT2D eigenvalue weighted by Crippen LogP contribution is 2.31. The molecule has 116 valence electrons. The predicted molar refractivity (Wildman–Crippen MR) is 85.0 cm³/mol. The van der Waals surface area contributed by atoms with Gasteiger partial charge in [-0.2, -0.15) is 0 Å². The number of likely N-dealkylation sites (tertiary alicyclic amines) is 1. The quantitative estimate of drug-likeness (QED) is 0.766. The third-order valence-electron chi connectivity index (χ3n) is 4.54. The average molecular weight is 289 g/mol. The fourth-order valence-corrected chi connectivity index (χ4v) is 3.26. The molecule has 3 heteroatoms. The highest BCUT2D eigenvalue weighted by molar-refractivity contribution is 5.79. The monoisotopic (exact) mass is 289 g/mol. The SMILES string of the molecule is COCCC(C)CC1CC(=O)N(C(C)c2ccccc2)C1. The van der Waals surface area contributed by atoms with Crippen molar-refractivity contribution in [2.45, 2.75) is 39.2 Å². The van der Waals surface area contributed by atoms with Crippen LogP contribution in [0.15, 0.2) is 30.3 Å². The minimum Gasteiger partial charge on any atom is -0.385 e. The van der Waals surface area contributed by atoms with Crippen molar-refractivity contribution < 1.29 is 9.53 Å². The normalized spacial score (nSPS) is 21.6. The lowest BCUT2D eigenvalue weighted by molar-refractivity contribution is -0.129. The van der Waals surface area contributed by atoms with Crippen molar-refractivity contribution in [2.75, 3.05) is 20.3 Å². The molecule has 1 saturated heterocycles. The Morgan fingerprint density at radius 2 is 2.00 bits per heavy atom. The molecule has 1 aliphatic rings. The molecule has 2 rings (SSSR count). The van der Waals surface area contributed by atoms with Gasteiger partial charge in [0, 0.05) is 26.7 Å². The first-order valence-corrected chi connectivity index (χ1v) is 7.95. The molecule has 3 atom stereocenters. The second kappa shape index (κ2) is 7.60. The zero-order chi connectivity index (χ0) is 15.2. The number of hydrogen-bond acceptors (Lipinski definition) is 2. The lowest BCUT2D eigenvalue weighted by Gasteiger charge is -2.25. The summed E-state index contributed by atoms with van der Waals surface area (Å²) in [5.41, 5.74) is 1.22. The Bertz CT molecular complexity index is 446. The van der Waals surface area contributed by atoms with Crippen molar-refractivity contribution in [1.29, 1.82) is 0 Å². The molecule has 0 radical (unpaired) electrons. The van der Waals surface area contributed by atoms with Crippen LogP contribution in [0.4, 0.5) is 0 Å². The Morgan fingerprint density at radius 1 is 1.29 bits per heavy atom. The minimum atomic E-state index is 0.179. The van der Waals surface area contributed by atoms with Crippen molar-refractivity contribution in [3.05, 3.63) is 35.9 Å². The second-order valence-corrected chi connectivity index (χ2v) is 6.33. The maximum absolute atomic E-state index is 12.3. The number of carbonyl (C=O) groups excluding carboxylic acids is 1. The van der Waals surface area contributed by atoms with Crippen LogP contribution in [0.3, 0.4) is 0 Å². The van der Waals surface area contributed by atoms with Crippen LogP contribution in [0.25, 0.3) is 0 Å². The minimum absolute atomic E-state index is 0.179. The lowest BCUT2D eigenvalue weighted by atomic mass is 9.93. The van der Waals surface area contributed by atoms with Crippen molar-refractivity contribution in [1.82, 2.24) is 4.90 Å². The summed E-state index contributed by atoms with van der Waals surface area (Å²) >= 11 is 0. The highest BCUT2D eigenvalue weighted by atomic mass is 16.5. The predicted octanol–water partition coefficient (Wildman–Crippen LogP) is 3.66. The van der Waals surface area contributed by atoms with Gasteiger partial charge in [0.1, 0.15) is 0 Å². The van der Waals surface area contributed by atoms with Crippen LogP contribution in [-0.2, 0) is 9.53 Å². The van der Waals surface area contributed by atoms with Gasteiger partial charge in [0.2, 0.25) is 5.91 Å². The molecule has 1 fully saturated rings. The van der Waals surface area contributed by atoms with Gasteiger partial charge in [-0.15, -0.1) is 0 Å². The first-order chi connectivity index (χ1) is 10.1. The van der Waals surface area contributed by atoms with Crippen LogP contribution in [0.2, 0.25) is 0 Å². The Balaban J connectivity index is 1.90. The summed E-state index contributed by atoms with van der Waals surface area (Å²) in [4.78, 5) is 14.3. The van der Waals surface area contributed by atoms with Gasteiger partial charge in [0.05, 0.1) is 6.04 Å². The summed E-state index contributed by atoms with van der Waals surface area (Å²) in [5.74, 6) is 1.42. The molecule has 0 bridgehead atoms. The third kappa shape index (κ3) is 4.31. The lowest BCUT2D eigenvalue weighted by Crippen LogP contribution is -2.28. The summed E-state index contributed by atoms with van der Waals surface area (Å²) in [5, 5.41) is 0. The summed E-state index contributed by atoms with van der Waals surface area (Å²) in [6.07, 6.45) is 2.90. The summed E-state index contributed by atoms with van der Waals surface area (Å²) in [6, 6.07) is 10.5. The number of hydrogen-bond donors (Lipinski definition) is 0. The number of ether oxygens (including phenoxy) is 1. The van der Waals surface area contributed by atoms with Gasteiger partial charge in [-0.05, 0) is 37.2 Å². The molecule has 1 aliphatic heterocycles. The molecular formula is C18H27NO2. The van der Waals surface area contributed by atoms with E-state index in [1.807, 2.05) is 23.1 Å². The second-order valence-electron chi connectivity index (χ2n) is 6.33. The number of nitrogens with zero attached hydrogens (tertiary/aromatic N) is 1. The van der Waals surface area contributed by atoms with Crippen molar-refractivity contribution >= 4 is 5.91 Å². The van der Waals surface area contributed by atoms with E-state index >= 15 is 0 Å². The topological polar surface area (TPSA) is 29.5 Å². The van der Waals surface area contributed by atoms with E-state index in [0.717, 1.165) is 26.0 Å². The molecule has 0 aliphatic carbocycles. The first-order valence-electron chi connectivity index (χ1n) is 7.95.